The van der Waals surface area contributed by atoms with Crippen LogP contribution in [0.1, 0.15) is 76.8 Å². The summed E-state index contributed by atoms with van der Waals surface area (Å²) in [6.45, 7) is 11.3. The van der Waals surface area contributed by atoms with E-state index in [4.69, 9.17) is 0 Å². The fraction of sp³-hybridized carbons (Fsp3) is 0.762. The molecule has 1 fully saturated rings. The Morgan fingerprint density at radius 3 is 2.84 bits per heavy atom. The summed E-state index contributed by atoms with van der Waals surface area (Å²) in [5, 5.41) is 15.0. The summed E-state index contributed by atoms with van der Waals surface area (Å²) in [5.74, 6) is 0.455. The van der Waals surface area contributed by atoms with Crippen LogP contribution in [0.4, 0.5) is 0 Å². The third-order valence-electron chi connectivity index (χ3n) is 6.63. The second-order valence-corrected chi connectivity index (χ2v) is 9.09. The van der Waals surface area contributed by atoms with Gasteiger partial charge in [-0.25, -0.2) is 0 Å². The first-order chi connectivity index (χ1) is 11.9. The van der Waals surface area contributed by atoms with Gasteiger partial charge in [0.1, 0.15) is 6.10 Å². The Bertz CT molecular complexity index is 669. The third kappa shape index (κ3) is 3.56. The molecule has 1 saturated carbocycles. The van der Waals surface area contributed by atoms with Crippen molar-refractivity contribution in [3.63, 3.8) is 0 Å². The Hall–Kier alpha value is -1.13. The molecule has 0 amide bonds. The minimum atomic E-state index is -0.345. The van der Waals surface area contributed by atoms with Crippen molar-refractivity contribution in [1.29, 1.82) is 0 Å². The van der Waals surface area contributed by atoms with E-state index in [9.17, 15) is 5.11 Å². The second-order valence-electron chi connectivity index (χ2n) is 9.09. The molecular formula is C21H33N3O. The maximum absolute atomic E-state index is 10.3. The van der Waals surface area contributed by atoms with Crippen molar-refractivity contribution in [3.8, 4) is 0 Å². The average molecular weight is 344 g/mol. The van der Waals surface area contributed by atoms with E-state index < -0.39 is 0 Å². The van der Waals surface area contributed by atoms with Crippen LogP contribution in [0.2, 0.25) is 0 Å². The van der Waals surface area contributed by atoms with Crippen LogP contribution < -0.4 is 0 Å². The highest BCUT2D eigenvalue weighted by atomic mass is 16.3. The molecule has 1 atom stereocenters. The van der Waals surface area contributed by atoms with E-state index >= 15 is 0 Å². The second kappa shape index (κ2) is 6.55. The number of allylic oxidation sites excluding steroid dienone is 1. The zero-order valence-corrected chi connectivity index (χ0v) is 16.1. The van der Waals surface area contributed by atoms with Gasteiger partial charge in [0.15, 0.2) is 0 Å². The molecule has 1 aromatic heterocycles. The number of hydrogen-bond donors (Lipinski definition) is 1. The molecule has 2 heterocycles. The van der Waals surface area contributed by atoms with Crippen molar-refractivity contribution in [2.45, 2.75) is 78.5 Å². The van der Waals surface area contributed by atoms with Crippen molar-refractivity contribution >= 4 is 0 Å². The predicted molar refractivity (Wildman–Crippen MR) is 100 cm³/mol. The predicted octanol–water partition coefficient (Wildman–Crippen LogP) is 4.06. The maximum Gasteiger partial charge on any atom is 0.101 e. The molecule has 0 radical (unpaired) electrons. The summed E-state index contributed by atoms with van der Waals surface area (Å²) in [6, 6.07) is 2.14. The van der Waals surface area contributed by atoms with Gasteiger partial charge in [0.05, 0.1) is 17.9 Å². The highest BCUT2D eigenvalue weighted by Crippen LogP contribution is 2.42. The van der Waals surface area contributed by atoms with Crippen LogP contribution >= 0.6 is 0 Å². The Kier molecular flexibility index (Phi) is 4.53. The fourth-order valence-electron chi connectivity index (χ4n) is 4.83. The minimum absolute atomic E-state index is 0.345. The smallest absolute Gasteiger partial charge is 0.101 e. The van der Waals surface area contributed by atoms with Crippen molar-refractivity contribution in [3.05, 3.63) is 28.6 Å². The highest BCUT2D eigenvalue weighted by molar-refractivity contribution is 5.23. The number of fused-ring (bicyclic) bond motifs is 1. The minimum Gasteiger partial charge on any atom is -0.386 e. The molecule has 4 rings (SSSR count). The largest absolute Gasteiger partial charge is 0.386 e. The van der Waals surface area contributed by atoms with E-state index in [1.54, 1.807) is 11.1 Å². The first-order valence-electron chi connectivity index (χ1n) is 10.1. The SMILES string of the molecule is CC1=C(CCN2CCn3nc([C@H](O)C4CC4)cc3C2)C(C)(C)CCC1. The lowest BCUT2D eigenvalue weighted by molar-refractivity contribution is 0.147. The molecule has 0 spiro atoms. The van der Waals surface area contributed by atoms with Gasteiger partial charge in [-0.2, -0.15) is 5.10 Å². The molecule has 1 N–H and O–H groups in total. The fourth-order valence-corrected chi connectivity index (χ4v) is 4.83. The summed E-state index contributed by atoms with van der Waals surface area (Å²) < 4.78 is 2.12. The lowest BCUT2D eigenvalue weighted by Crippen LogP contribution is -2.35. The van der Waals surface area contributed by atoms with Gasteiger partial charge in [0, 0.05) is 19.6 Å². The molecule has 25 heavy (non-hydrogen) atoms. The number of rotatable bonds is 5. The van der Waals surface area contributed by atoms with E-state index in [0.717, 1.165) is 44.7 Å². The third-order valence-corrected chi connectivity index (χ3v) is 6.63. The summed E-state index contributed by atoms with van der Waals surface area (Å²) >= 11 is 0. The molecule has 1 aromatic rings. The lowest BCUT2D eigenvalue weighted by atomic mass is 9.71. The summed E-state index contributed by atoms with van der Waals surface area (Å²) in [6.07, 6.45) is 7.12. The Balaban J connectivity index is 1.39. The molecule has 1 aliphatic heterocycles. The number of nitrogens with zero attached hydrogens (tertiary/aromatic N) is 3. The molecule has 0 aromatic carbocycles. The van der Waals surface area contributed by atoms with Crippen LogP contribution in [-0.2, 0) is 13.1 Å². The number of aliphatic hydroxyl groups excluding tert-OH is 1. The van der Waals surface area contributed by atoms with Crippen LogP contribution in [0.15, 0.2) is 17.2 Å². The Morgan fingerprint density at radius 1 is 1.32 bits per heavy atom. The molecular weight excluding hydrogens is 310 g/mol. The van der Waals surface area contributed by atoms with E-state index in [0.29, 0.717) is 11.3 Å². The standard InChI is InChI=1S/C21H33N3O/c1-15-5-4-9-21(2,3)18(15)8-10-23-11-12-24-17(14-23)13-19(22-24)20(25)16-6-7-16/h13,16,20,25H,4-12,14H2,1-3H3/t20-/m1/s1. The van der Waals surface area contributed by atoms with Gasteiger partial charge in [-0.05, 0) is 62.8 Å². The van der Waals surface area contributed by atoms with Crippen molar-refractivity contribution in [2.24, 2.45) is 11.3 Å². The van der Waals surface area contributed by atoms with Gasteiger partial charge < -0.3 is 5.11 Å². The monoisotopic (exact) mass is 343 g/mol. The van der Waals surface area contributed by atoms with Crippen LogP contribution in [0.25, 0.3) is 0 Å². The lowest BCUT2D eigenvalue weighted by Gasteiger charge is -2.36. The molecule has 4 nitrogen and oxygen atoms in total. The molecule has 138 valence electrons. The van der Waals surface area contributed by atoms with Crippen LogP contribution in [-0.4, -0.2) is 32.9 Å². The first kappa shape index (κ1) is 17.3. The van der Waals surface area contributed by atoms with Gasteiger partial charge in [-0.15, -0.1) is 0 Å². The van der Waals surface area contributed by atoms with Crippen molar-refractivity contribution < 1.29 is 5.11 Å². The molecule has 3 aliphatic rings. The van der Waals surface area contributed by atoms with Crippen LogP contribution in [0.3, 0.4) is 0 Å². The maximum atomic E-state index is 10.3. The summed E-state index contributed by atoms with van der Waals surface area (Å²) in [4.78, 5) is 2.56. The molecule has 0 bridgehead atoms. The summed E-state index contributed by atoms with van der Waals surface area (Å²) in [5.41, 5.74) is 5.87. The first-order valence-corrected chi connectivity index (χ1v) is 10.1. The molecule has 4 heteroatoms. The van der Waals surface area contributed by atoms with Crippen molar-refractivity contribution in [2.75, 3.05) is 13.1 Å². The molecule has 2 aliphatic carbocycles. The topological polar surface area (TPSA) is 41.3 Å². The van der Waals surface area contributed by atoms with Crippen LogP contribution in [0, 0.1) is 11.3 Å². The quantitative estimate of drug-likeness (QED) is 0.820. The zero-order chi connectivity index (χ0) is 17.6. The van der Waals surface area contributed by atoms with Gasteiger partial charge in [0.2, 0.25) is 0 Å². The van der Waals surface area contributed by atoms with Gasteiger partial charge in [-0.3, -0.25) is 9.58 Å². The number of aliphatic hydroxyl groups is 1. The van der Waals surface area contributed by atoms with Crippen molar-refractivity contribution in [1.82, 2.24) is 14.7 Å². The number of aromatic nitrogens is 2. The van der Waals surface area contributed by atoms with Gasteiger partial charge in [-0.1, -0.05) is 25.0 Å². The van der Waals surface area contributed by atoms with E-state index in [-0.39, 0.29) is 6.10 Å². The van der Waals surface area contributed by atoms with E-state index in [2.05, 4.69) is 41.5 Å². The average Bonchev–Trinajstić information content (AvgIpc) is 3.32. The number of hydrogen-bond acceptors (Lipinski definition) is 3. The zero-order valence-electron chi connectivity index (χ0n) is 16.1. The van der Waals surface area contributed by atoms with E-state index in [1.807, 2.05) is 0 Å². The Labute approximate surface area is 151 Å². The molecule has 0 saturated heterocycles. The van der Waals surface area contributed by atoms with Gasteiger partial charge >= 0.3 is 0 Å². The van der Waals surface area contributed by atoms with Gasteiger partial charge in [0.25, 0.3) is 0 Å². The highest BCUT2D eigenvalue weighted by Gasteiger charge is 2.33. The van der Waals surface area contributed by atoms with Crippen LogP contribution in [0.5, 0.6) is 0 Å². The van der Waals surface area contributed by atoms with E-state index in [1.165, 1.54) is 31.4 Å². The molecule has 0 unspecified atom stereocenters. The summed E-state index contributed by atoms with van der Waals surface area (Å²) in [7, 11) is 0. The Morgan fingerprint density at radius 2 is 2.12 bits per heavy atom. The normalized spacial score (nSPS) is 25.1.